The van der Waals surface area contributed by atoms with E-state index in [0.29, 0.717) is 30.2 Å². The molecule has 1 aliphatic heterocycles. The van der Waals surface area contributed by atoms with E-state index in [1.54, 1.807) is 23.0 Å². The van der Waals surface area contributed by atoms with Gasteiger partial charge in [0.2, 0.25) is 11.7 Å². The average molecular weight is 633 g/mol. The quantitative estimate of drug-likeness (QED) is 0.162. The maximum absolute atomic E-state index is 13.7. The van der Waals surface area contributed by atoms with Crippen molar-refractivity contribution in [2.75, 3.05) is 17.2 Å². The molecule has 240 valence electrons. The van der Waals surface area contributed by atoms with Gasteiger partial charge in [-0.1, -0.05) is 39.5 Å². The Balaban J connectivity index is 1.30. The summed E-state index contributed by atoms with van der Waals surface area (Å²) in [5.74, 6) is -0.742. The van der Waals surface area contributed by atoms with Crippen molar-refractivity contribution in [2.45, 2.75) is 89.8 Å². The summed E-state index contributed by atoms with van der Waals surface area (Å²) in [5, 5.41) is 10.9. The van der Waals surface area contributed by atoms with E-state index in [2.05, 4.69) is 66.1 Å². The van der Waals surface area contributed by atoms with Gasteiger partial charge in [-0.2, -0.15) is 5.10 Å². The third-order valence-electron chi connectivity index (χ3n) is 8.92. The molecule has 11 nitrogen and oxygen atoms in total. The minimum atomic E-state index is -1.95. The fourth-order valence-electron chi connectivity index (χ4n) is 5.55. The summed E-state index contributed by atoms with van der Waals surface area (Å²) in [5.41, 5.74) is 2.16. The van der Waals surface area contributed by atoms with Crippen LogP contribution in [0.4, 0.5) is 11.5 Å². The molecule has 0 radical (unpaired) electrons. The largest absolute Gasteiger partial charge is 0.416 e. The van der Waals surface area contributed by atoms with Crippen molar-refractivity contribution in [3.63, 3.8) is 0 Å². The van der Waals surface area contributed by atoms with E-state index in [-0.39, 0.29) is 46.6 Å². The van der Waals surface area contributed by atoms with Crippen LogP contribution in [-0.4, -0.2) is 70.4 Å². The monoisotopic (exact) mass is 632 g/mol. The molecule has 12 heteroatoms. The highest BCUT2D eigenvalue weighted by Gasteiger charge is 2.54. The molecule has 2 aliphatic rings. The second-order valence-corrected chi connectivity index (χ2v) is 18.6. The second kappa shape index (κ2) is 12.6. The van der Waals surface area contributed by atoms with Gasteiger partial charge in [0.1, 0.15) is 23.9 Å². The van der Waals surface area contributed by atoms with Gasteiger partial charge in [-0.3, -0.25) is 14.3 Å². The molecule has 0 spiro atoms. The van der Waals surface area contributed by atoms with Crippen LogP contribution in [0.2, 0.25) is 18.1 Å². The third kappa shape index (κ3) is 7.41. The molecule has 2 fully saturated rings. The van der Waals surface area contributed by atoms with Gasteiger partial charge in [-0.15, -0.1) is 0 Å². The molecule has 4 atom stereocenters. The van der Waals surface area contributed by atoms with E-state index < -0.39 is 14.1 Å². The molecule has 1 aromatic carbocycles. The smallest absolute Gasteiger partial charge is 0.247 e. The van der Waals surface area contributed by atoms with Crippen molar-refractivity contribution in [3.05, 3.63) is 78.5 Å². The molecule has 1 aliphatic carbocycles. The molecule has 45 heavy (non-hydrogen) atoms. The van der Waals surface area contributed by atoms with Crippen LogP contribution in [0.5, 0.6) is 0 Å². The molecule has 2 aromatic heterocycles. The number of benzene rings is 1. The van der Waals surface area contributed by atoms with Crippen molar-refractivity contribution in [3.8, 4) is 0 Å². The first-order valence-corrected chi connectivity index (χ1v) is 18.2. The van der Waals surface area contributed by atoms with Crippen molar-refractivity contribution in [1.82, 2.24) is 19.7 Å². The van der Waals surface area contributed by atoms with Gasteiger partial charge >= 0.3 is 0 Å². The number of nitrogens with zero attached hydrogens (tertiary/aromatic N) is 4. The molecule has 0 unspecified atom stereocenters. The van der Waals surface area contributed by atoms with Gasteiger partial charge < -0.3 is 24.5 Å². The summed E-state index contributed by atoms with van der Waals surface area (Å²) in [6.07, 6.45) is 6.30. The van der Waals surface area contributed by atoms with Gasteiger partial charge in [-0.05, 0) is 68.2 Å². The Morgan fingerprint density at radius 1 is 1.20 bits per heavy atom. The zero-order valence-corrected chi connectivity index (χ0v) is 28.2. The van der Waals surface area contributed by atoms with Crippen LogP contribution in [-0.2, 0) is 25.2 Å². The summed E-state index contributed by atoms with van der Waals surface area (Å²) in [6, 6.07) is 8.96. The molecular formula is C33H44N6O5Si. The number of carbonyl (C=O) groups excluding carboxylic acids is 2. The first-order valence-electron chi connectivity index (χ1n) is 15.3. The number of rotatable bonds is 11. The van der Waals surface area contributed by atoms with Gasteiger partial charge in [0, 0.05) is 30.6 Å². The Hall–Kier alpha value is -3.71. The van der Waals surface area contributed by atoms with Crippen LogP contribution in [0, 0.1) is 5.92 Å². The van der Waals surface area contributed by atoms with Gasteiger partial charge in [0.05, 0.1) is 24.3 Å². The molecule has 3 heterocycles. The molecule has 1 amide bonds. The number of ketones is 1. The molecule has 3 aromatic rings. The Bertz CT molecular complexity index is 1560. The van der Waals surface area contributed by atoms with Gasteiger partial charge in [0.15, 0.2) is 14.1 Å². The fraction of sp³-hybridized carbons (Fsp3) is 0.485. The van der Waals surface area contributed by atoms with Gasteiger partial charge in [0.25, 0.3) is 0 Å². The van der Waals surface area contributed by atoms with Crippen molar-refractivity contribution in [2.24, 2.45) is 5.92 Å². The Labute approximate surface area is 265 Å². The fourth-order valence-corrected chi connectivity index (χ4v) is 6.61. The summed E-state index contributed by atoms with van der Waals surface area (Å²) < 4.78 is 21.0. The van der Waals surface area contributed by atoms with Crippen molar-refractivity contribution < 1.29 is 23.5 Å². The topological polar surface area (TPSA) is 129 Å². The molecule has 2 N–H and O–H groups in total. The SMILES string of the molecule is C=CC(=O)Nc1cccc(Cn2ccc(C(=O)c3cncnc3N[C@@H]3C[C@H](CO[Si](C)(C)C(C)(C)C)[C@H]4OC(C)(C)O[C@H]43)n2)c1. The Morgan fingerprint density at radius 2 is 1.96 bits per heavy atom. The lowest BCUT2D eigenvalue weighted by Crippen LogP contribution is -2.43. The third-order valence-corrected chi connectivity index (χ3v) is 13.4. The lowest BCUT2D eigenvalue weighted by Gasteiger charge is -2.37. The number of carbonyl (C=O) groups is 2. The van der Waals surface area contributed by atoms with Gasteiger partial charge in [-0.25, -0.2) is 9.97 Å². The van der Waals surface area contributed by atoms with Crippen LogP contribution in [0.3, 0.4) is 0 Å². The summed E-state index contributed by atoms with van der Waals surface area (Å²) in [4.78, 5) is 34.0. The minimum absolute atomic E-state index is 0.102. The normalized spacial score (nSPS) is 22.6. The van der Waals surface area contributed by atoms with Crippen LogP contribution in [0.1, 0.15) is 62.7 Å². The maximum atomic E-state index is 13.7. The Morgan fingerprint density at radius 3 is 2.69 bits per heavy atom. The van der Waals surface area contributed by atoms with Crippen LogP contribution in [0.15, 0.2) is 61.7 Å². The second-order valence-electron chi connectivity index (χ2n) is 13.8. The number of aromatic nitrogens is 4. The van der Waals surface area contributed by atoms with Crippen molar-refractivity contribution >= 4 is 31.5 Å². The molecule has 1 saturated heterocycles. The number of hydrogen-bond donors (Lipinski definition) is 2. The minimum Gasteiger partial charge on any atom is -0.416 e. The van der Waals surface area contributed by atoms with E-state index >= 15 is 0 Å². The summed E-state index contributed by atoms with van der Waals surface area (Å²) >= 11 is 0. The van der Waals surface area contributed by atoms with Crippen LogP contribution < -0.4 is 10.6 Å². The number of nitrogens with one attached hydrogen (secondary N) is 2. The number of fused-ring (bicyclic) bond motifs is 1. The number of hydrogen-bond acceptors (Lipinski definition) is 9. The maximum Gasteiger partial charge on any atom is 0.247 e. The summed E-state index contributed by atoms with van der Waals surface area (Å²) in [7, 11) is -1.95. The lowest BCUT2D eigenvalue weighted by atomic mass is 10.1. The molecular weight excluding hydrogens is 588 g/mol. The van der Waals surface area contributed by atoms with Crippen LogP contribution in [0.25, 0.3) is 0 Å². The number of amides is 1. The number of ether oxygens (including phenoxy) is 2. The first-order chi connectivity index (χ1) is 21.2. The molecule has 1 saturated carbocycles. The zero-order valence-electron chi connectivity index (χ0n) is 27.2. The van der Waals surface area contributed by atoms with Crippen LogP contribution >= 0.6 is 0 Å². The van der Waals surface area contributed by atoms with E-state index in [9.17, 15) is 9.59 Å². The highest BCUT2D eigenvalue weighted by Crippen LogP contribution is 2.44. The zero-order chi connectivity index (χ0) is 32.6. The van der Waals surface area contributed by atoms with Crippen molar-refractivity contribution in [1.29, 1.82) is 0 Å². The predicted molar refractivity (Wildman–Crippen MR) is 175 cm³/mol. The standard InChI is InChI=1S/C33H44N6O5Si/c1-9-27(40)36-23-12-10-11-21(15-23)18-39-14-13-25(38-39)28(41)24-17-34-20-35-31(24)37-26-16-22(19-42-45(7,8)32(2,3)4)29-30(26)44-33(5,6)43-29/h9-15,17,20,22,26,29-30H,1,16,18-19H2,2-8H3,(H,36,40)(H,34,35,37)/t22-,26-,29-,30+/m1/s1. The van der Waals surface area contributed by atoms with E-state index in [1.165, 1.54) is 18.6 Å². The predicted octanol–water partition coefficient (Wildman–Crippen LogP) is 5.42. The van der Waals surface area contributed by atoms with E-state index in [1.807, 2.05) is 32.0 Å². The highest BCUT2D eigenvalue weighted by molar-refractivity contribution is 6.74. The number of anilines is 2. The summed E-state index contributed by atoms with van der Waals surface area (Å²) in [6.45, 7) is 19.6. The van der Waals surface area contributed by atoms with E-state index in [0.717, 1.165) is 12.0 Å². The highest BCUT2D eigenvalue weighted by atomic mass is 28.4. The van der Waals surface area contributed by atoms with E-state index in [4.69, 9.17) is 13.9 Å². The molecule has 0 bridgehead atoms. The lowest BCUT2D eigenvalue weighted by molar-refractivity contribution is -0.158. The first kappa shape index (κ1) is 32.7. The average Bonchev–Trinajstić information content (AvgIpc) is 3.65. The molecule has 5 rings (SSSR count). The Kier molecular flexibility index (Phi) is 9.14.